The molecule has 0 radical (unpaired) electrons. The third-order valence-corrected chi connectivity index (χ3v) is 4.21. The zero-order valence-corrected chi connectivity index (χ0v) is 13.5. The molecule has 0 bridgehead atoms. The van der Waals surface area contributed by atoms with Crippen molar-refractivity contribution in [3.8, 4) is 5.75 Å². The molecule has 1 amide bonds. The molecule has 2 N–H and O–H groups in total. The number of hydrogen-bond acceptors (Lipinski definition) is 3. The van der Waals surface area contributed by atoms with E-state index in [1.165, 1.54) is 6.07 Å². The van der Waals surface area contributed by atoms with Gasteiger partial charge in [0.15, 0.2) is 6.61 Å². The van der Waals surface area contributed by atoms with E-state index in [0.717, 1.165) is 18.4 Å². The first kappa shape index (κ1) is 16.3. The number of carboxylic acids is 1. The molecular formula is C18H16ClNO4. The van der Waals surface area contributed by atoms with Crippen LogP contribution in [0.2, 0.25) is 5.02 Å². The van der Waals surface area contributed by atoms with E-state index in [9.17, 15) is 9.59 Å². The largest absolute Gasteiger partial charge is 0.482 e. The van der Waals surface area contributed by atoms with Crippen LogP contribution in [0.1, 0.15) is 28.8 Å². The van der Waals surface area contributed by atoms with Gasteiger partial charge in [0.1, 0.15) is 5.75 Å². The Morgan fingerprint density at radius 1 is 1.17 bits per heavy atom. The van der Waals surface area contributed by atoms with Gasteiger partial charge in [-0.15, -0.1) is 0 Å². The second-order valence-electron chi connectivity index (χ2n) is 5.75. The standard InChI is InChI=1S/C18H16ClNO4/c19-14-6-4-13(5-7-14)18(8-9-18)20-17(23)12-2-1-3-15(10-12)24-11-16(21)22/h1-7,10H,8-9,11H2,(H,20,23)(H,21,22). The zero-order chi connectivity index (χ0) is 17.2. The van der Waals surface area contributed by atoms with Crippen molar-refractivity contribution in [1.82, 2.24) is 5.32 Å². The number of nitrogens with one attached hydrogen (secondary N) is 1. The number of hydrogen-bond donors (Lipinski definition) is 2. The van der Waals surface area contributed by atoms with Crippen LogP contribution in [0.5, 0.6) is 5.75 Å². The summed E-state index contributed by atoms with van der Waals surface area (Å²) < 4.78 is 5.11. The van der Waals surface area contributed by atoms with Gasteiger partial charge in [-0.25, -0.2) is 4.79 Å². The SMILES string of the molecule is O=C(O)COc1cccc(C(=O)NC2(c3ccc(Cl)cc3)CC2)c1. The van der Waals surface area contributed by atoms with Crippen molar-refractivity contribution in [3.63, 3.8) is 0 Å². The van der Waals surface area contributed by atoms with Gasteiger partial charge in [0, 0.05) is 10.6 Å². The zero-order valence-electron chi connectivity index (χ0n) is 12.8. The van der Waals surface area contributed by atoms with Gasteiger partial charge >= 0.3 is 5.97 Å². The van der Waals surface area contributed by atoms with Crippen LogP contribution in [-0.4, -0.2) is 23.6 Å². The molecule has 1 aliphatic carbocycles. The molecule has 0 atom stereocenters. The molecule has 1 saturated carbocycles. The summed E-state index contributed by atoms with van der Waals surface area (Å²) in [5, 5.41) is 12.4. The monoisotopic (exact) mass is 345 g/mol. The molecule has 0 aliphatic heterocycles. The highest BCUT2D eigenvalue weighted by atomic mass is 35.5. The number of amides is 1. The van der Waals surface area contributed by atoms with Gasteiger partial charge in [-0.1, -0.05) is 29.8 Å². The quantitative estimate of drug-likeness (QED) is 0.842. The van der Waals surface area contributed by atoms with E-state index in [-0.39, 0.29) is 11.4 Å². The number of benzene rings is 2. The first-order chi connectivity index (χ1) is 11.5. The highest BCUT2D eigenvalue weighted by molar-refractivity contribution is 6.30. The third kappa shape index (κ3) is 3.68. The fourth-order valence-electron chi connectivity index (χ4n) is 2.54. The molecule has 24 heavy (non-hydrogen) atoms. The Morgan fingerprint density at radius 3 is 2.50 bits per heavy atom. The van der Waals surface area contributed by atoms with Gasteiger partial charge in [-0.3, -0.25) is 4.79 Å². The minimum Gasteiger partial charge on any atom is -0.482 e. The van der Waals surface area contributed by atoms with Gasteiger partial charge in [0.25, 0.3) is 5.91 Å². The summed E-state index contributed by atoms with van der Waals surface area (Å²) in [6.45, 7) is -0.445. The van der Waals surface area contributed by atoms with Crippen molar-refractivity contribution in [2.24, 2.45) is 0 Å². The van der Waals surface area contributed by atoms with E-state index in [0.29, 0.717) is 16.3 Å². The van der Waals surface area contributed by atoms with Gasteiger partial charge in [0.05, 0.1) is 5.54 Å². The molecule has 6 heteroatoms. The Labute approximate surface area is 144 Å². The summed E-state index contributed by atoms with van der Waals surface area (Å²) in [5.74, 6) is -0.936. The van der Waals surface area contributed by atoms with Gasteiger partial charge in [0.2, 0.25) is 0 Å². The summed E-state index contributed by atoms with van der Waals surface area (Å²) in [4.78, 5) is 23.1. The Bertz CT molecular complexity index is 769. The predicted octanol–water partition coefficient (Wildman–Crippen LogP) is 3.22. The molecule has 2 aromatic carbocycles. The highest BCUT2D eigenvalue weighted by Crippen LogP contribution is 2.45. The Balaban J connectivity index is 1.72. The number of carboxylic acid groups (broad SMARTS) is 1. The molecule has 5 nitrogen and oxygen atoms in total. The van der Waals surface area contributed by atoms with Crippen molar-refractivity contribution in [3.05, 3.63) is 64.7 Å². The van der Waals surface area contributed by atoms with Crippen LogP contribution in [0, 0.1) is 0 Å². The minimum absolute atomic E-state index is 0.219. The molecule has 0 spiro atoms. The summed E-state index contributed by atoms with van der Waals surface area (Å²) in [5.41, 5.74) is 1.11. The average Bonchev–Trinajstić information content (AvgIpc) is 3.34. The first-order valence-electron chi connectivity index (χ1n) is 7.52. The molecule has 1 fully saturated rings. The highest BCUT2D eigenvalue weighted by Gasteiger charge is 2.45. The average molecular weight is 346 g/mol. The van der Waals surface area contributed by atoms with Crippen molar-refractivity contribution in [1.29, 1.82) is 0 Å². The van der Waals surface area contributed by atoms with E-state index in [1.54, 1.807) is 18.2 Å². The molecule has 0 saturated heterocycles. The lowest BCUT2D eigenvalue weighted by atomic mass is 10.0. The van der Waals surface area contributed by atoms with E-state index < -0.39 is 12.6 Å². The summed E-state index contributed by atoms with van der Waals surface area (Å²) in [6, 6.07) is 13.9. The van der Waals surface area contributed by atoms with Crippen LogP contribution in [-0.2, 0) is 10.3 Å². The number of carbonyl (C=O) groups excluding carboxylic acids is 1. The van der Waals surface area contributed by atoms with Gasteiger partial charge < -0.3 is 15.2 Å². The Kier molecular flexibility index (Phi) is 4.44. The van der Waals surface area contributed by atoms with Gasteiger partial charge in [-0.2, -0.15) is 0 Å². The maximum absolute atomic E-state index is 12.5. The molecular weight excluding hydrogens is 330 g/mol. The van der Waals surface area contributed by atoms with Gasteiger partial charge in [-0.05, 0) is 48.7 Å². The van der Waals surface area contributed by atoms with Crippen molar-refractivity contribution < 1.29 is 19.4 Å². The second kappa shape index (κ2) is 6.53. The van der Waals surface area contributed by atoms with E-state index in [4.69, 9.17) is 21.4 Å². The number of aliphatic carboxylic acids is 1. The molecule has 1 aliphatic rings. The maximum Gasteiger partial charge on any atom is 0.341 e. The lowest BCUT2D eigenvalue weighted by molar-refractivity contribution is -0.139. The topological polar surface area (TPSA) is 75.6 Å². The van der Waals surface area contributed by atoms with E-state index >= 15 is 0 Å². The minimum atomic E-state index is -1.07. The van der Waals surface area contributed by atoms with Crippen molar-refractivity contribution in [2.45, 2.75) is 18.4 Å². The normalized spacial score (nSPS) is 14.7. The summed E-state index contributed by atoms with van der Waals surface area (Å²) >= 11 is 5.91. The van der Waals surface area contributed by atoms with Crippen LogP contribution < -0.4 is 10.1 Å². The van der Waals surface area contributed by atoms with Crippen LogP contribution in [0.25, 0.3) is 0 Å². The predicted molar refractivity (Wildman–Crippen MR) is 89.4 cm³/mol. The fraction of sp³-hybridized carbons (Fsp3) is 0.222. The lowest BCUT2D eigenvalue weighted by Gasteiger charge is -2.18. The van der Waals surface area contributed by atoms with Crippen LogP contribution in [0.3, 0.4) is 0 Å². The first-order valence-corrected chi connectivity index (χ1v) is 7.89. The molecule has 124 valence electrons. The fourth-order valence-corrected chi connectivity index (χ4v) is 2.67. The summed E-state index contributed by atoms with van der Waals surface area (Å²) in [6.07, 6.45) is 1.74. The van der Waals surface area contributed by atoms with E-state index in [1.807, 2.05) is 24.3 Å². The molecule has 2 aromatic rings. The Morgan fingerprint density at radius 2 is 1.88 bits per heavy atom. The van der Waals surface area contributed by atoms with Crippen molar-refractivity contribution in [2.75, 3.05) is 6.61 Å². The molecule has 3 rings (SSSR count). The van der Waals surface area contributed by atoms with E-state index in [2.05, 4.69) is 5.32 Å². The summed E-state index contributed by atoms with van der Waals surface area (Å²) in [7, 11) is 0. The maximum atomic E-state index is 12.5. The smallest absolute Gasteiger partial charge is 0.341 e. The molecule has 0 aromatic heterocycles. The van der Waals surface area contributed by atoms with Crippen LogP contribution in [0.15, 0.2) is 48.5 Å². The van der Waals surface area contributed by atoms with Crippen LogP contribution >= 0.6 is 11.6 Å². The number of halogens is 1. The molecule has 0 unspecified atom stereocenters. The second-order valence-corrected chi connectivity index (χ2v) is 6.19. The third-order valence-electron chi connectivity index (χ3n) is 3.96. The lowest BCUT2D eigenvalue weighted by Crippen LogP contribution is -2.34. The Hall–Kier alpha value is -2.53. The number of carbonyl (C=O) groups is 2. The van der Waals surface area contributed by atoms with Crippen LogP contribution in [0.4, 0.5) is 0 Å². The number of rotatable bonds is 6. The number of ether oxygens (including phenoxy) is 1. The van der Waals surface area contributed by atoms with Crippen molar-refractivity contribution >= 4 is 23.5 Å². The molecule has 0 heterocycles.